The molecule has 23 heavy (non-hydrogen) atoms. The fourth-order valence-corrected chi connectivity index (χ4v) is 2.91. The van der Waals surface area contributed by atoms with Crippen molar-refractivity contribution in [1.29, 1.82) is 0 Å². The Labute approximate surface area is 147 Å². The van der Waals surface area contributed by atoms with Crippen molar-refractivity contribution >= 4 is 35.2 Å². The molecule has 1 aliphatic rings. The van der Waals surface area contributed by atoms with Crippen LogP contribution in [-0.2, 0) is 9.53 Å². The van der Waals surface area contributed by atoms with E-state index in [2.05, 4.69) is 10.2 Å². The lowest BCUT2D eigenvalue weighted by Gasteiger charge is -2.26. The molecule has 126 valence electrons. The van der Waals surface area contributed by atoms with Gasteiger partial charge in [0.2, 0.25) is 5.91 Å². The number of unbranched alkanes of at least 4 members (excludes halogenated alkanes) is 1. The summed E-state index contributed by atoms with van der Waals surface area (Å²) >= 11 is 12.1. The molecule has 1 aliphatic heterocycles. The predicted octanol–water partition coefficient (Wildman–Crippen LogP) is 3.24. The van der Waals surface area contributed by atoms with Crippen molar-refractivity contribution in [3.8, 4) is 0 Å². The Balaban J connectivity index is 1.64. The van der Waals surface area contributed by atoms with Crippen molar-refractivity contribution in [3.05, 3.63) is 39.9 Å². The highest BCUT2D eigenvalue weighted by atomic mass is 35.5. The molecular formula is C17H22Cl2N2O2. The highest BCUT2D eigenvalue weighted by Crippen LogP contribution is 2.25. The first-order chi connectivity index (χ1) is 11.2. The molecule has 1 aromatic carbocycles. The van der Waals surface area contributed by atoms with Crippen LogP contribution in [0.5, 0.6) is 0 Å². The van der Waals surface area contributed by atoms with Crippen LogP contribution in [0, 0.1) is 0 Å². The zero-order chi connectivity index (χ0) is 16.5. The van der Waals surface area contributed by atoms with Gasteiger partial charge in [0.25, 0.3) is 0 Å². The minimum absolute atomic E-state index is 0.132. The Kier molecular flexibility index (Phi) is 7.89. The minimum Gasteiger partial charge on any atom is -0.379 e. The lowest BCUT2D eigenvalue weighted by Crippen LogP contribution is -2.37. The second-order valence-electron chi connectivity index (χ2n) is 5.42. The summed E-state index contributed by atoms with van der Waals surface area (Å²) < 4.78 is 5.31. The van der Waals surface area contributed by atoms with Gasteiger partial charge >= 0.3 is 0 Å². The average molecular weight is 357 g/mol. The third-order valence-corrected chi connectivity index (χ3v) is 4.36. The molecule has 0 spiro atoms. The van der Waals surface area contributed by atoms with Crippen molar-refractivity contribution < 1.29 is 9.53 Å². The highest BCUT2D eigenvalue weighted by molar-refractivity contribution is 6.37. The Hall–Kier alpha value is -1.07. The smallest absolute Gasteiger partial charge is 0.244 e. The van der Waals surface area contributed by atoms with E-state index in [9.17, 15) is 4.79 Å². The molecule has 0 bridgehead atoms. The van der Waals surface area contributed by atoms with Crippen LogP contribution in [0.3, 0.4) is 0 Å². The van der Waals surface area contributed by atoms with Crippen molar-refractivity contribution in [3.63, 3.8) is 0 Å². The van der Waals surface area contributed by atoms with E-state index in [-0.39, 0.29) is 5.91 Å². The molecule has 1 aromatic rings. The maximum atomic E-state index is 11.8. The number of carbonyl (C=O) groups is 1. The third kappa shape index (κ3) is 6.51. The van der Waals surface area contributed by atoms with Crippen LogP contribution >= 0.6 is 23.2 Å². The van der Waals surface area contributed by atoms with Gasteiger partial charge in [-0.25, -0.2) is 0 Å². The quantitative estimate of drug-likeness (QED) is 0.602. The number of ether oxygens (including phenoxy) is 1. The lowest BCUT2D eigenvalue weighted by atomic mass is 10.2. The first-order valence-electron chi connectivity index (χ1n) is 7.87. The molecule has 1 heterocycles. The normalized spacial score (nSPS) is 15.9. The number of morpholine rings is 1. The van der Waals surface area contributed by atoms with Gasteiger partial charge in [-0.05, 0) is 37.6 Å². The zero-order valence-electron chi connectivity index (χ0n) is 13.1. The molecule has 4 nitrogen and oxygen atoms in total. The molecule has 0 aromatic heterocycles. The molecule has 1 N–H and O–H groups in total. The Bertz CT molecular complexity index is 523. The van der Waals surface area contributed by atoms with E-state index in [4.69, 9.17) is 27.9 Å². The van der Waals surface area contributed by atoms with E-state index in [1.165, 1.54) is 6.08 Å². The highest BCUT2D eigenvalue weighted by Gasteiger charge is 2.09. The first-order valence-corrected chi connectivity index (χ1v) is 8.62. The molecule has 0 saturated carbocycles. The number of nitrogens with zero attached hydrogens (tertiary/aromatic N) is 1. The largest absolute Gasteiger partial charge is 0.379 e. The van der Waals surface area contributed by atoms with Gasteiger partial charge in [0, 0.05) is 41.3 Å². The van der Waals surface area contributed by atoms with Gasteiger partial charge in [0.15, 0.2) is 0 Å². The third-order valence-electron chi connectivity index (χ3n) is 3.71. The summed E-state index contributed by atoms with van der Waals surface area (Å²) in [6, 6.07) is 5.27. The minimum atomic E-state index is -0.132. The molecule has 6 heteroatoms. The number of hydrogen-bond donors (Lipinski definition) is 1. The fraction of sp³-hybridized carbons (Fsp3) is 0.471. The monoisotopic (exact) mass is 356 g/mol. The van der Waals surface area contributed by atoms with Crippen molar-refractivity contribution in [2.75, 3.05) is 39.4 Å². The number of rotatable bonds is 7. The van der Waals surface area contributed by atoms with E-state index < -0.39 is 0 Å². The van der Waals surface area contributed by atoms with E-state index in [0.717, 1.165) is 45.7 Å². The summed E-state index contributed by atoms with van der Waals surface area (Å²) in [5.41, 5.74) is 0.665. The topological polar surface area (TPSA) is 41.6 Å². The maximum Gasteiger partial charge on any atom is 0.244 e. The molecule has 0 aliphatic carbocycles. The molecule has 0 unspecified atom stereocenters. The predicted molar refractivity (Wildman–Crippen MR) is 95.0 cm³/mol. The van der Waals surface area contributed by atoms with Gasteiger partial charge in [-0.1, -0.05) is 29.3 Å². The van der Waals surface area contributed by atoms with Crippen LogP contribution in [0.2, 0.25) is 10.0 Å². The van der Waals surface area contributed by atoms with Crippen LogP contribution in [0.15, 0.2) is 24.3 Å². The lowest BCUT2D eigenvalue weighted by molar-refractivity contribution is -0.116. The van der Waals surface area contributed by atoms with E-state index in [1.807, 2.05) is 0 Å². The van der Waals surface area contributed by atoms with Gasteiger partial charge < -0.3 is 10.1 Å². The molecule has 0 atom stereocenters. The van der Waals surface area contributed by atoms with Crippen LogP contribution in [0.4, 0.5) is 0 Å². The maximum absolute atomic E-state index is 11.8. The summed E-state index contributed by atoms with van der Waals surface area (Å²) in [6.45, 7) is 5.40. The molecule has 1 amide bonds. The SMILES string of the molecule is O=C(/C=C\c1c(Cl)cccc1Cl)NCCCCN1CCOCC1. The number of hydrogen-bond acceptors (Lipinski definition) is 3. The van der Waals surface area contributed by atoms with Crippen molar-refractivity contribution in [1.82, 2.24) is 10.2 Å². The van der Waals surface area contributed by atoms with Gasteiger partial charge in [-0.2, -0.15) is 0 Å². The Morgan fingerprint density at radius 2 is 1.91 bits per heavy atom. The van der Waals surface area contributed by atoms with Crippen LogP contribution in [0.25, 0.3) is 6.08 Å². The van der Waals surface area contributed by atoms with Crippen molar-refractivity contribution in [2.24, 2.45) is 0 Å². The second-order valence-corrected chi connectivity index (χ2v) is 6.24. The molecular weight excluding hydrogens is 335 g/mol. The second kappa shape index (κ2) is 9.93. The molecule has 1 fully saturated rings. The number of halogens is 2. The van der Waals surface area contributed by atoms with Gasteiger partial charge in [-0.3, -0.25) is 9.69 Å². The molecule has 1 saturated heterocycles. The van der Waals surface area contributed by atoms with Gasteiger partial charge in [0.05, 0.1) is 13.2 Å². The van der Waals surface area contributed by atoms with Crippen LogP contribution in [0.1, 0.15) is 18.4 Å². The van der Waals surface area contributed by atoms with Crippen molar-refractivity contribution in [2.45, 2.75) is 12.8 Å². The number of carbonyl (C=O) groups excluding carboxylic acids is 1. The van der Waals surface area contributed by atoms with Crippen LogP contribution < -0.4 is 5.32 Å². The van der Waals surface area contributed by atoms with E-state index >= 15 is 0 Å². The Morgan fingerprint density at radius 1 is 1.22 bits per heavy atom. The van der Waals surface area contributed by atoms with Gasteiger partial charge in [-0.15, -0.1) is 0 Å². The summed E-state index contributed by atoms with van der Waals surface area (Å²) in [5, 5.41) is 3.94. The number of amides is 1. The van der Waals surface area contributed by atoms with Crippen LogP contribution in [-0.4, -0.2) is 50.2 Å². The fourth-order valence-electron chi connectivity index (χ4n) is 2.38. The Morgan fingerprint density at radius 3 is 2.61 bits per heavy atom. The summed E-state index contributed by atoms with van der Waals surface area (Å²) in [4.78, 5) is 14.2. The summed E-state index contributed by atoms with van der Waals surface area (Å²) in [5.74, 6) is -0.132. The number of nitrogens with one attached hydrogen (secondary N) is 1. The summed E-state index contributed by atoms with van der Waals surface area (Å²) in [6.07, 6.45) is 5.15. The molecule has 2 rings (SSSR count). The van der Waals surface area contributed by atoms with E-state index in [0.29, 0.717) is 22.2 Å². The summed E-state index contributed by atoms with van der Waals surface area (Å²) in [7, 11) is 0. The van der Waals surface area contributed by atoms with Gasteiger partial charge in [0.1, 0.15) is 0 Å². The first kappa shape index (κ1) is 18.3. The average Bonchev–Trinajstić information content (AvgIpc) is 2.55. The van der Waals surface area contributed by atoms with E-state index in [1.54, 1.807) is 24.3 Å². The standard InChI is InChI=1S/C17H22Cl2N2O2/c18-15-4-3-5-16(19)14(15)6-7-17(22)20-8-1-2-9-21-10-12-23-13-11-21/h3-7H,1-2,8-13H2,(H,20,22)/b7-6-. The molecule has 0 radical (unpaired) electrons. The number of benzene rings is 1. The zero-order valence-corrected chi connectivity index (χ0v) is 14.6.